The summed E-state index contributed by atoms with van der Waals surface area (Å²) in [6.07, 6.45) is 0.140. The van der Waals surface area contributed by atoms with Crippen LogP contribution < -0.4 is 11.1 Å². The van der Waals surface area contributed by atoms with Crippen LogP contribution >= 0.6 is 0 Å². The van der Waals surface area contributed by atoms with Gasteiger partial charge in [0.1, 0.15) is 0 Å². The molecule has 4 N–H and O–H groups in total. The van der Waals surface area contributed by atoms with Gasteiger partial charge in [-0.1, -0.05) is 93.6 Å². The minimum absolute atomic E-state index is 0.0780. The normalized spacial score (nSPS) is 11.1. The lowest BCUT2D eigenvalue weighted by atomic mass is 9.85. The third kappa shape index (κ3) is 4.91. The van der Waals surface area contributed by atoms with Gasteiger partial charge in [-0.2, -0.15) is 0 Å². The highest BCUT2D eigenvalue weighted by Gasteiger charge is 2.17. The van der Waals surface area contributed by atoms with Crippen LogP contribution in [0.4, 0.5) is 0 Å². The number of guanidine groups is 1. The summed E-state index contributed by atoms with van der Waals surface area (Å²) in [4.78, 5) is 12.4. The molecule has 0 unspecified atom stereocenters. The lowest BCUT2D eigenvalue weighted by molar-refractivity contribution is -0.119. The van der Waals surface area contributed by atoms with E-state index in [4.69, 9.17) is 11.1 Å². The summed E-state index contributed by atoms with van der Waals surface area (Å²) >= 11 is 0. The molecule has 1 amide bonds. The Balaban J connectivity index is 2.11. The van der Waals surface area contributed by atoms with E-state index in [2.05, 4.69) is 50.4 Å². The zero-order valence-corrected chi connectivity index (χ0v) is 17.1. The van der Waals surface area contributed by atoms with Gasteiger partial charge < -0.3 is 5.73 Å². The summed E-state index contributed by atoms with van der Waals surface area (Å²) in [6.45, 7) is 6.57. The van der Waals surface area contributed by atoms with E-state index in [0.717, 1.165) is 27.8 Å². The molecular formula is C25H27N3O. The highest BCUT2D eigenvalue weighted by Crippen LogP contribution is 2.34. The van der Waals surface area contributed by atoms with Gasteiger partial charge in [-0.3, -0.25) is 15.5 Å². The average molecular weight is 386 g/mol. The Hall–Kier alpha value is -3.40. The third-order valence-electron chi connectivity index (χ3n) is 4.93. The van der Waals surface area contributed by atoms with Crippen molar-refractivity contribution in [3.8, 4) is 22.3 Å². The number of amides is 1. The molecular weight excluding hydrogens is 358 g/mol. The molecule has 0 aromatic heterocycles. The fourth-order valence-corrected chi connectivity index (χ4v) is 3.44. The van der Waals surface area contributed by atoms with Crippen LogP contribution in [-0.2, 0) is 16.6 Å². The molecule has 0 bridgehead atoms. The molecule has 3 rings (SSSR count). The van der Waals surface area contributed by atoms with E-state index in [1.54, 1.807) is 0 Å². The smallest absolute Gasteiger partial charge is 0.231 e. The Morgan fingerprint density at radius 1 is 0.862 bits per heavy atom. The Bertz CT molecular complexity index is 1020. The van der Waals surface area contributed by atoms with E-state index >= 15 is 0 Å². The van der Waals surface area contributed by atoms with Crippen LogP contribution in [0.2, 0.25) is 0 Å². The lowest BCUT2D eigenvalue weighted by Gasteiger charge is -2.20. The molecule has 4 nitrogen and oxygen atoms in total. The van der Waals surface area contributed by atoms with Gasteiger partial charge in [0.25, 0.3) is 0 Å². The first-order valence-electron chi connectivity index (χ1n) is 9.68. The summed E-state index contributed by atoms with van der Waals surface area (Å²) in [5, 5.41) is 9.75. The first-order valence-corrected chi connectivity index (χ1v) is 9.68. The molecule has 3 aromatic carbocycles. The second-order valence-electron chi connectivity index (χ2n) is 8.16. The topological polar surface area (TPSA) is 79.0 Å². The second-order valence-corrected chi connectivity index (χ2v) is 8.16. The van der Waals surface area contributed by atoms with Crippen molar-refractivity contribution in [2.75, 3.05) is 0 Å². The molecule has 0 fully saturated rings. The van der Waals surface area contributed by atoms with Crippen LogP contribution in [-0.4, -0.2) is 11.9 Å². The highest BCUT2D eigenvalue weighted by molar-refractivity contribution is 5.97. The molecule has 0 heterocycles. The van der Waals surface area contributed by atoms with Crippen molar-refractivity contribution in [2.45, 2.75) is 32.6 Å². The van der Waals surface area contributed by atoms with Gasteiger partial charge in [-0.25, -0.2) is 0 Å². The largest absolute Gasteiger partial charge is 0.370 e. The number of rotatable bonds is 4. The molecule has 3 aromatic rings. The van der Waals surface area contributed by atoms with Crippen molar-refractivity contribution in [3.05, 3.63) is 83.9 Å². The predicted molar refractivity (Wildman–Crippen MR) is 120 cm³/mol. The number of nitrogens with one attached hydrogen (secondary N) is 2. The van der Waals surface area contributed by atoms with E-state index in [0.29, 0.717) is 0 Å². The maximum atomic E-state index is 12.4. The maximum absolute atomic E-state index is 12.4. The van der Waals surface area contributed by atoms with Gasteiger partial charge in [0, 0.05) is 0 Å². The minimum atomic E-state index is -0.344. The minimum Gasteiger partial charge on any atom is -0.370 e. The number of carbonyl (C=O) groups excluding carboxylic acids is 1. The van der Waals surface area contributed by atoms with Gasteiger partial charge in [0.15, 0.2) is 5.96 Å². The van der Waals surface area contributed by atoms with Crippen LogP contribution in [0.25, 0.3) is 22.3 Å². The van der Waals surface area contributed by atoms with Crippen LogP contribution in [0.1, 0.15) is 31.9 Å². The second kappa shape index (κ2) is 8.31. The van der Waals surface area contributed by atoms with E-state index < -0.39 is 0 Å². The van der Waals surface area contributed by atoms with Gasteiger partial charge in [0.2, 0.25) is 5.91 Å². The SMILES string of the molecule is CC(C)(C)c1ccc(-c2cccc(-c3ccccc3)c2CC(=O)NC(=N)N)cc1. The Kier molecular flexibility index (Phi) is 5.83. The van der Waals surface area contributed by atoms with Crippen molar-refractivity contribution < 1.29 is 4.79 Å². The van der Waals surface area contributed by atoms with Crippen LogP contribution in [0.3, 0.4) is 0 Å². The molecule has 29 heavy (non-hydrogen) atoms. The zero-order chi connectivity index (χ0) is 21.0. The molecule has 0 saturated carbocycles. The van der Waals surface area contributed by atoms with E-state index in [1.165, 1.54) is 5.56 Å². The summed E-state index contributed by atoms with van der Waals surface area (Å²) in [5.41, 5.74) is 11.7. The number of benzene rings is 3. The molecule has 148 valence electrons. The standard InChI is InChI=1S/C25H27N3O/c1-25(2,3)19-14-12-18(13-15-19)21-11-7-10-20(17-8-5-4-6-9-17)22(21)16-23(29)28-24(26)27/h4-15H,16H2,1-3H3,(H4,26,27,28,29). The molecule has 0 spiro atoms. The van der Waals surface area contributed by atoms with Crippen LogP contribution in [0.15, 0.2) is 72.8 Å². The fraction of sp³-hybridized carbons (Fsp3) is 0.200. The van der Waals surface area contributed by atoms with E-state index in [-0.39, 0.29) is 23.7 Å². The number of hydrogen-bond donors (Lipinski definition) is 3. The number of nitrogens with two attached hydrogens (primary N) is 1. The molecule has 0 aliphatic heterocycles. The lowest BCUT2D eigenvalue weighted by Crippen LogP contribution is -2.36. The Morgan fingerprint density at radius 2 is 1.41 bits per heavy atom. The van der Waals surface area contributed by atoms with Gasteiger partial charge in [-0.05, 0) is 38.8 Å². The van der Waals surface area contributed by atoms with Gasteiger partial charge in [0.05, 0.1) is 6.42 Å². The molecule has 0 aliphatic rings. The van der Waals surface area contributed by atoms with Gasteiger partial charge >= 0.3 is 0 Å². The highest BCUT2D eigenvalue weighted by atomic mass is 16.1. The molecule has 0 aliphatic carbocycles. The first kappa shape index (κ1) is 20.3. The Morgan fingerprint density at radius 3 is 1.93 bits per heavy atom. The number of hydrogen-bond acceptors (Lipinski definition) is 2. The summed E-state index contributed by atoms with van der Waals surface area (Å²) in [5.74, 6) is -0.642. The molecule has 4 heteroatoms. The maximum Gasteiger partial charge on any atom is 0.231 e. The Labute approximate surface area is 172 Å². The third-order valence-corrected chi connectivity index (χ3v) is 4.93. The molecule has 0 atom stereocenters. The summed E-state index contributed by atoms with van der Waals surface area (Å²) < 4.78 is 0. The molecule has 0 radical (unpaired) electrons. The van der Waals surface area contributed by atoms with E-state index in [9.17, 15) is 4.79 Å². The predicted octanol–water partition coefficient (Wildman–Crippen LogP) is 4.87. The van der Waals surface area contributed by atoms with E-state index in [1.807, 2.05) is 48.5 Å². The van der Waals surface area contributed by atoms with Crippen molar-refractivity contribution in [1.29, 1.82) is 5.41 Å². The van der Waals surface area contributed by atoms with Crippen molar-refractivity contribution in [2.24, 2.45) is 5.73 Å². The van der Waals surface area contributed by atoms with Crippen LogP contribution in [0.5, 0.6) is 0 Å². The number of carbonyl (C=O) groups is 1. The summed E-state index contributed by atoms with van der Waals surface area (Å²) in [6, 6.07) is 24.6. The monoisotopic (exact) mass is 385 g/mol. The summed E-state index contributed by atoms with van der Waals surface area (Å²) in [7, 11) is 0. The van der Waals surface area contributed by atoms with Crippen LogP contribution in [0, 0.1) is 5.41 Å². The van der Waals surface area contributed by atoms with Crippen molar-refractivity contribution >= 4 is 11.9 Å². The zero-order valence-electron chi connectivity index (χ0n) is 17.1. The molecule has 0 saturated heterocycles. The fourth-order valence-electron chi connectivity index (χ4n) is 3.44. The van der Waals surface area contributed by atoms with Gasteiger partial charge in [-0.15, -0.1) is 0 Å². The van der Waals surface area contributed by atoms with Crippen molar-refractivity contribution in [1.82, 2.24) is 5.32 Å². The quantitative estimate of drug-likeness (QED) is 0.442. The average Bonchev–Trinajstić information content (AvgIpc) is 2.67. The van der Waals surface area contributed by atoms with Crippen molar-refractivity contribution in [3.63, 3.8) is 0 Å². The first-order chi connectivity index (χ1) is 13.8.